The van der Waals surface area contributed by atoms with E-state index < -0.39 is 5.97 Å². The molecule has 1 saturated carbocycles. The fraction of sp³-hybridized carbons (Fsp3) is 0.818. The monoisotopic (exact) mass is 242 g/mol. The van der Waals surface area contributed by atoms with Gasteiger partial charge in [-0.1, -0.05) is 0 Å². The summed E-state index contributed by atoms with van der Waals surface area (Å²) < 4.78 is 5.27. The molecule has 2 fully saturated rings. The number of ether oxygens (including phenoxy) is 1. The number of hydrogen-bond donors (Lipinski definition) is 2. The molecule has 2 rings (SSSR count). The van der Waals surface area contributed by atoms with Crippen LogP contribution in [0, 0.1) is 0 Å². The molecular formula is C11H18N2O4. The highest BCUT2D eigenvalue weighted by atomic mass is 16.5. The third kappa shape index (κ3) is 3.67. The second-order valence-electron chi connectivity index (χ2n) is 4.58. The smallest absolute Gasteiger partial charge is 0.323 e. The predicted molar refractivity (Wildman–Crippen MR) is 59.6 cm³/mol. The average molecular weight is 242 g/mol. The fourth-order valence-electron chi connectivity index (χ4n) is 2.03. The van der Waals surface area contributed by atoms with E-state index in [4.69, 9.17) is 9.84 Å². The third-order valence-electron chi connectivity index (χ3n) is 3.03. The number of morpholine rings is 1. The zero-order valence-corrected chi connectivity index (χ0v) is 9.72. The number of nitrogens with zero attached hydrogens (tertiary/aromatic N) is 1. The molecule has 0 radical (unpaired) electrons. The Morgan fingerprint density at radius 3 is 2.71 bits per heavy atom. The maximum Gasteiger partial charge on any atom is 0.323 e. The molecule has 1 aliphatic carbocycles. The second kappa shape index (κ2) is 5.46. The van der Waals surface area contributed by atoms with Gasteiger partial charge in [0.15, 0.2) is 0 Å². The van der Waals surface area contributed by atoms with Crippen LogP contribution in [0.1, 0.15) is 19.3 Å². The Morgan fingerprint density at radius 2 is 2.18 bits per heavy atom. The molecule has 1 unspecified atom stereocenters. The van der Waals surface area contributed by atoms with E-state index in [1.54, 1.807) is 0 Å². The molecule has 1 amide bonds. The van der Waals surface area contributed by atoms with Crippen molar-refractivity contribution in [1.29, 1.82) is 0 Å². The van der Waals surface area contributed by atoms with Crippen molar-refractivity contribution in [2.75, 3.05) is 26.3 Å². The molecule has 1 saturated heterocycles. The number of carboxylic acid groups (broad SMARTS) is 1. The standard InChI is InChI=1S/C11H18N2O4/c14-10(5-8-7-17-4-3-12-8)13(6-11(15)16)9-1-2-9/h8-9,12H,1-7H2,(H,15,16). The number of rotatable bonds is 5. The van der Waals surface area contributed by atoms with E-state index in [-0.39, 0.29) is 24.5 Å². The number of aliphatic carboxylic acids is 1. The molecule has 1 atom stereocenters. The van der Waals surface area contributed by atoms with Gasteiger partial charge in [-0.05, 0) is 12.8 Å². The topological polar surface area (TPSA) is 78.9 Å². The summed E-state index contributed by atoms with van der Waals surface area (Å²) >= 11 is 0. The highest BCUT2D eigenvalue weighted by Crippen LogP contribution is 2.27. The molecule has 0 spiro atoms. The Kier molecular flexibility index (Phi) is 3.96. The number of hydrogen-bond acceptors (Lipinski definition) is 4. The zero-order valence-electron chi connectivity index (χ0n) is 9.72. The summed E-state index contributed by atoms with van der Waals surface area (Å²) in [5.74, 6) is -1.03. The number of nitrogens with one attached hydrogen (secondary N) is 1. The molecule has 1 heterocycles. The first-order valence-electron chi connectivity index (χ1n) is 5.99. The highest BCUT2D eigenvalue weighted by Gasteiger charge is 2.34. The first-order chi connectivity index (χ1) is 8.16. The van der Waals surface area contributed by atoms with Crippen molar-refractivity contribution < 1.29 is 19.4 Å². The summed E-state index contributed by atoms with van der Waals surface area (Å²) in [6, 6.07) is 0.161. The lowest BCUT2D eigenvalue weighted by Crippen LogP contribution is -2.46. The summed E-state index contributed by atoms with van der Waals surface area (Å²) in [6.07, 6.45) is 2.17. The quantitative estimate of drug-likeness (QED) is 0.675. The summed E-state index contributed by atoms with van der Waals surface area (Å²) in [7, 11) is 0. The van der Waals surface area contributed by atoms with E-state index in [1.807, 2.05) is 0 Å². The van der Waals surface area contributed by atoms with Crippen molar-refractivity contribution in [3.63, 3.8) is 0 Å². The van der Waals surface area contributed by atoms with Crippen LogP contribution in [0.3, 0.4) is 0 Å². The second-order valence-corrected chi connectivity index (χ2v) is 4.58. The first-order valence-corrected chi connectivity index (χ1v) is 5.99. The molecular weight excluding hydrogens is 224 g/mol. The van der Waals surface area contributed by atoms with Crippen LogP contribution in [0.25, 0.3) is 0 Å². The van der Waals surface area contributed by atoms with Gasteiger partial charge in [-0.15, -0.1) is 0 Å². The summed E-state index contributed by atoms with van der Waals surface area (Å²) in [4.78, 5) is 24.2. The van der Waals surface area contributed by atoms with Gasteiger partial charge in [-0.3, -0.25) is 9.59 Å². The summed E-state index contributed by atoms with van der Waals surface area (Å²) in [5.41, 5.74) is 0. The van der Waals surface area contributed by atoms with Crippen LogP contribution in [0.2, 0.25) is 0 Å². The van der Waals surface area contributed by atoms with Gasteiger partial charge in [-0.2, -0.15) is 0 Å². The largest absolute Gasteiger partial charge is 0.480 e. The molecule has 0 aromatic carbocycles. The van der Waals surface area contributed by atoms with E-state index >= 15 is 0 Å². The SMILES string of the molecule is O=C(O)CN(C(=O)CC1COCCN1)C1CC1. The van der Waals surface area contributed by atoms with Crippen LogP contribution in [0.15, 0.2) is 0 Å². The molecule has 0 aromatic rings. The minimum Gasteiger partial charge on any atom is -0.480 e. The Hall–Kier alpha value is -1.14. The molecule has 17 heavy (non-hydrogen) atoms. The highest BCUT2D eigenvalue weighted by molar-refractivity contribution is 5.82. The van der Waals surface area contributed by atoms with Gasteiger partial charge in [0, 0.05) is 25.0 Å². The van der Waals surface area contributed by atoms with Gasteiger partial charge in [0.2, 0.25) is 5.91 Å². The van der Waals surface area contributed by atoms with Crippen molar-refractivity contribution in [3.8, 4) is 0 Å². The summed E-state index contributed by atoms with van der Waals surface area (Å²) in [6.45, 7) is 1.76. The number of carbonyl (C=O) groups is 2. The molecule has 6 heteroatoms. The van der Waals surface area contributed by atoms with E-state index in [9.17, 15) is 9.59 Å². The van der Waals surface area contributed by atoms with Crippen molar-refractivity contribution >= 4 is 11.9 Å². The van der Waals surface area contributed by atoms with Crippen LogP contribution in [0.5, 0.6) is 0 Å². The van der Waals surface area contributed by atoms with Crippen molar-refractivity contribution in [2.24, 2.45) is 0 Å². The van der Waals surface area contributed by atoms with Gasteiger partial charge in [-0.25, -0.2) is 0 Å². The van der Waals surface area contributed by atoms with Crippen LogP contribution in [-0.2, 0) is 14.3 Å². The molecule has 1 aliphatic heterocycles. The number of amides is 1. The van der Waals surface area contributed by atoms with Gasteiger partial charge < -0.3 is 20.1 Å². The number of carboxylic acids is 1. The Balaban J connectivity index is 1.84. The first kappa shape index (κ1) is 12.3. The predicted octanol–water partition coefficient (Wildman–Crippen LogP) is -0.559. The maximum atomic E-state index is 12.0. The number of carbonyl (C=O) groups excluding carboxylic acids is 1. The van der Waals surface area contributed by atoms with Crippen LogP contribution >= 0.6 is 0 Å². The Morgan fingerprint density at radius 1 is 1.41 bits per heavy atom. The molecule has 2 N–H and O–H groups in total. The maximum absolute atomic E-state index is 12.0. The van der Waals surface area contributed by atoms with E-state index in [1.165, 1.54) is 4.90 Å². The van der Waals surface area contributed by atoms with E-state index in [2.05, 4.69) is 5.32 Å². The molecule has 0 aromatic heterocycles. The van der Waals surface area contributed by atoms with Crippen LogP contribution < -0.4 is 5.32 Å². The molecule has 6 nitrogen and oxygen atoms in total. The molecule has 0 bridgehead atoms. The summed E-state index contributed by atoms with van der Waals surface area (Å²) in [5, 5.41) is 12.0. The van der Waals surface area contributed by atoms with Gasteiger partial charge in [0.1, 0.15) is 6.54 Å². The van der Waals surface area contributed by atoms with Gasteiger partial charge in [0.05, 0.1) is 13.2 Å². The average Bonchev–Trinajstić information content (AvgIpc) is 3.10. The van der Waals surface area contributed by atoms with Crippen molar-refractivity contribution in [1.82, 2.24) is 10.2 Å². The Labute approximate surface area is 99.9 Å². The lowest BCUT2D eigenvalue weighted by Gasteiger charge is -2.26. The fourth-order valence-corrected chi connectivity index (χ4v) is 2.03. The zero-order chi connectivity index (χ0) is 12.3. The van der Waals surface area contributed by atoms with E-state index in [0.29, 0.717) is 19.6 Å². The normalized spacial score (nSPS) is 24.4. The Bertz CT molecular complexity index is 298. The lowest BCUT2D eigenvalue weighted by atomic mass is 10.1. The van der Waals surface area contributed by atoms with Crippen LogP contribution in [-0.4, -0.2) is 60.3 Å². The molecule has 96 valence electrons. The van der Waals surface area contributed by atoms with Gasteiger partial charge >= 0.3 is 5.97 Å². The van der Waals surface area contributed by atoms with Crippen molar-refractivity contribution in [3.05, 3.63) is 0 Å². The van der Waals surface area contributed by atoms with Crippen molar-refractivity contribution in [2.45, 2.75) is 31.3 Å². The minimum absolute atomic E-state index is 0.0197. The third-order valence-corrected chi connectivity index (χ3v) is 3.03. The van der Waals surface area contributed by atoms with E-state index in [0.717, 1.165) is 19.4 Å². The minimum atomic E-state index is -0.946. The molecule has 2 aliphatic rings. The lowest BCUT2D eigenvalue weighted by molar-refractivity contribution is -0.145. The van der Waals surface area contributed by atoms with Crippen LogP contribution in [0.4, 0.5) is 0 Å². The van der Waals surface area contributed by atoms with Gasteiger partial charge in [0.25, 0.3) is 0 Å².